The third-order valence-corrected chi connectivity index (χ3v) is 1.79. The van der Waals surface area contributed by atoms with Gasteiger partial charge in [0.1, 0.15) is 0 Å². The summed E-state index contributed by atoms with van der Waals surface area (Å²) in [6.45, 7) is 1.43. The van der Waals surface area contributed by atoms with Gasteiger partial charge in [0.25, 0.3) is 0 Å². The van der Waals surface area contributed by atoms with Crippen LogP contribution in [-0.2, 0) is 14.4 Å². The lowest BCUT2D eigenvalue weighted by Gasteiger charge is -2.20. The van der Waals surface area contributed by atoms with Gasteiger partial charge in [-0.1, -0.05) is 6.92 Å². The number of carbonyl (C=O) groups excluding carboxylic acids is 3. The first-order chi connectivity index (χ1) is 5.39. The molecule has 0 aliphatic heterocycles. The van der Waals surface area contributed by atoms with Crippen molar-refractivity contribution in [3.05, 3.63) is 0 Å². The highest BCUT2D eigenvalue weighted by atomic mass is 16.2. The molecule has 0 aliphatic carbocycles. The number of nitrogens with two attached hydrogens (primary N) is 3. The summed E-state index contributed by atoms with van der Waals surface area (Å²) in [5.74, 6) is -3.32. The van der Waals surface area contributed by atoms with E-state index in [2.05, 4.69) is 0 Å². The van der Waals surface area contributed by atoms with E-state index in [0.29, 0.717) is 0 Å². The molecule has 0 rings (SSSR count). The molecule has 0 aromatic rings. The highest BCUT2D eigenvalue weighted by Gasteiger charge is 2.47. The second kappa shape index (κ2) is 3.21. The molecule has 68 valence electrons. The van der Waals surface area contributed by atoms with Crippen molar-refractivity contribution < 1.29 is 14.4 Å². The van der Waals surface area contributed by atoms with Crippen molar-refractivity contribution in [3.63, 3.8) is 0 Å². The monoisotopic (exact) mass is 173 g/mol. The molecule has 0 aromatic heterocycles. The third kappa shape index (κ3) is 1.23. The molecule has 0 saturated carbocycles. The van der Waals surface area contributed by atoms with Crippen molar-refractivity contribution in [2.45, 2.75) is 13.3 Å². The van der Waals surface area contributed by atoms with Crippen LogP contribution < -0.4 is 17.2 Å². The minimum atomic E-state index is -2.04. The Morgan fingerprint density at radius 3 is 1.25 bits per heavy atom. The number of primary amides is 3. The number of amides is 3. The molecule has 3 amide bonds. The van der Waals surface area contributed by atoms with Crippen LogP contribution in [0.1, 0.15) is 13.3 Å². The van der Waals surface area contributed by atoms with Crippen LogP contribution in [0.5, 0.6) is 0 Å². The zero-order chi connectivity index (χ0) is 9.94. The number of carbonyl (C=O) groups is 3. The number of rotatable bonds is 4. The van der Waals surface area contributed by atoms with Crippen LogP contribution in [0.15, 0.2) is 0 Å². The molecule has 0 saturated heterocycles. The van der Waals surface area contributed by atoms with Gasteiger partial charge in [-0.05, 0) is 6.42 Å². The maximum absolute atomic E-state index is 10.8. The molecule has 0 radical (unpaired) electrons. The van der Waals surface area contributed by atoms with Crippen LogP contribution in [0, 0.1) is 5.41 Å². The Kier molecular flexibility index (Phi) is 2.78. The van der Waals surface area contributed by atoms with Crippen molar-refractivity contribution in [3.8, 4) is 0 Å². The fraction of sp³-hybridized carbons (Fsp3) is 0.500. The summed E-state index contributed by atoms with van der Waals surface area (Å²) in [4.78, 5) is 32.3. The van der Waals surface area contributed by atoms with E-state index in [1.54, 1.807) is 0 Å². The van der Waals surface area contributed by atoms with Crippen molar-refractivity contribution in [1.82, 2.24) is 0 Å². The fourth-order valence-corrected chi connectivity index (χ4v) is 0.887. The summed E-state index contributed by atoms with van der Waals surface area (Å²) in [6, 6.07) is 0. The molecule has 6 heteroatoms. The molecular weight excluding hydrogens is 162 g/mol. The first-order valence-electron chi connectivity index (χ1n) is 3.29. The zero-order valence-corrected chi connectivity index (χ0v) is 6.66. The quantitative estimate of drug-likeness (QED) is 0.418. The van der Waals surface area contributed by atoms with E-state index >= 15 is 0 Å². The Morgan fingerprint density at radius 2 is 1.25 bits per heavy atom. The first-order valence-corrected chi connectivity index (χ1v) is 3.29. The van der Waals surface area contributed by atoms with E-state index in [-0.39, 0.29) is 6.42 Å². The topological polar surface area (TPSA) is 129 Å². The maximum atomic E-state index is 10.8. The predicted molar refractivity (Wildman–Crippen MR) is 40.3 cm³/mol. The molecule has 6 N–H and O–H groups in total. The summed E-state index contributed by atoms with van der Waals surface area (Å²) in [7, 11) is 0. The zero-order valence-electron chi connectivity index (χ0n) is 6.66. The minimum Gasteiger partial charge on any atom is -0.368 e. The molecule has 0 fully saturated rings. The molecule has 0 aromatic carbocycles. The van der Waals surface area contributed by atoms with Crippen LogP contribution >= 0.6 is 0 Å². The lowest BCUT2D eigenvalue weighted by molar-refractivity contribution is -0.148. The summed E-state index contributed by atoms with van der Waals surface area (Å²) in [6.07, 6.45) is -0.118. The molecule has 0 atom stereocenters. The van der Waals surface area contributed by atoms with Gasteiger partial charge in [-0.25, -0.2) is 0 Å². The molecular formula is C6H11N3O3. The van der Waals surface area contributed by atoms with Gasteiger partial charge < -0.3 is 17.2 Å². The Balaban J connectivity index is 5.19. The first kappa shape index (κ1) is 10.4. The third-order valence-electron chi connectivity index (χ3n) is 1.79. The van der Waals surface area contributed by atoms with E-state index < -0.39 is 23.1 Å². The average Bonchev–Trinajstić information content (AvgIpc) is 1.86. The van der Waals surface area contributed by atoms with E-state index in [4.69, 9.17) is 17.2 Å². The lowest BCUT2D eigenvalue weighted by Crippen LogP contribution is -2.55. The SMILES string of the molecule is CCC(C(N)=O)(C(N)=O)C(N)=O. The van der Waals surface area contributed by atoms with Gasteiger partial charge in [-0.2, -0.15) is 0 Å². The molecule has 0 heterocycles. The average molecular weight is 173 g/mol. The van der Waals surface area contributed by atoms with E-state index in [1.807, 2.05) is 0 Å². The van der Waals surface area contributed by atoms with Crippen LogP contribution in [-0.4, -0.2) is 17.7 Å². The van der Waals surface area contributed by atoms with Crippen LogP contribution in [0.25, 0.3) is 0 Å². The number of hydrogen-bond acceptors (Lipinski definition) is 3. The Morgan fingerprint density at radius 1 is 1.00 bits per heavy atom. The summed E-state index contributed by atoms with van der Waals surface area (Å²) in [5, 5.41) is 0. The summed E-state index contributed by atoms with van der Waals surface area (Å²) < 4.78 is 0. The van der Waals surface area contributed by atoms with Gasteiger partial charge in [-0.3, -0.25) is 14.4 Å². The summed E-state index contributed by atoms with van der Waals surface area (Å²) >= 11 is 0. The predicted octanol–water partition coefficient (Wildman–Crippen LogP) is -2.16. The van der Waals surface area contributed by atoms with Gasteiger partial charge in [0.2, 0.25) is 23.1 Å². The Hall–Kier alpha value is -1.59. The van der Waals surface area contributed by atoms with E-state index in [1.165, 1.54) is 6.92 Å². The molecule has 0 spiro atoms. The van der Waals surface area contributed by atoms with Crippen LogP contribution in [0.3, 0.4) is 0 Å². The smallest absolute Gasteiger partial charge is 0.242 e. The Bertz CT molecular complexity index is 200. The van der Waals surface area contributed by atoms with Crippen LogP contribution in [0.4, 0.5) is 0 Å². The second-order valence-electron chi connectivity index (χ2n) is 2.35. The number of hydrogen-bond donors (Lipinski definition) is 3. The fourth-order valence-electron chi connectivity index (χ4n) is 0.887. The van der Waals surface area contributed by atoms with Gasteiger partial charge >= 0.3 is 0 Å². The second-order valence-corrected chi connectivity index (χ2v) is 2.35. The molecule has 0 bridgehead atoms. The van der Waals surface area contributed by atoms with Gasteiger partial charge in [0.05, 0.1) is 0 Å². The van der Waals surface area contributed by atoms with E-state index in [9.17, 15) is 14.4 Å². The van der Waals surface area contributed by atoms with Crippen molar-refractivity contribution >= 4 is 17.7 Å². The molecule has 6 nitrogen and oxygen atoms in total. The highest BCUT2D eigenvalue weighted by molar-refractivity contribution is 6.21. The van der Waals surface area contributed by atoms with Crippen molar-refractivity contribution in [2.24, 2.45) is 22.6 Å². The molecule has 0 aliphatic rings. The van der Waals surface area contributed by atoms with Crippen LogP contribution in [0.2, 0.25) is 0 Å². The lowest BCUT2D eigenvalue weighted by atomic mass is 9.83. The van der Waals surface area contributed by atoms with Crippen molar-refractivity contribution in [2.75, 3.05) is 0 Å². The normalized spacial score (nSPS) is 10.8. The van der Waals surface area contributed by atoms with Gasteiger partial charge in [-0.15, -0.1) is 0 Å². The minimum absolute atomic E-state index is 0.118. The molecule has 12 heavy (non-hydrogen) atoms. The van der Waals surface area contributed by atoms with E-state index in [0.717, 1.165) is 0 Å². The molecule has 0 unspecified atom stereocenters. The van der Waals surface area contributed by atoms with Crippen molar-refractivity contribution in [1.29, 1.82) is 0 Å². The Labute approximate surface area is 69.1 Å². The highest BCUT2D eigenvalue weighted by Crippen LogP contribution is 2.19. The standard InChI is InChI=1S/C6H11N3O3/c1-2-6(3(7)10,4(8)11)5(9)12/h2H2,1H3,(H2,7,10)(H2,8,11)(H2,9,12). The largest absolute Gasteiger partial charge is 0.368 e. The maximum Gasteiger partial charge on any atom is 0.242 e. The van der Waals surface area contributed by atoms with Gasteiger partial charge in [0, 0.05) is 0 Å². The van der Waals surface area contributed by atoms with Gasteiger partial charge in [0.15, 0.2) is 0 Å². The summed E-state index contributed by atoms with van der Waals surface area (Å²) in [5.41, 5.74) is 12.5.